The second kappa shape index (κ2) is 5.27. The molecule has 0 aliphatic rings. The van der Waals surface area contributed by atoms with Crippen molar-refractivity contribution in [2.24, 2.45) is 0 Å². The summed E-state index contributed by atoms with van der Waals surface area (Å²) in [4.78, 5) is 14.9. The fourth-order valence-electron chi connectivity index (χ4n) is 1.72. The van der Waals surface area contributed by atoms with E-state index >= 15 is 0 Å². The first-order chi connectivity index (χ1) is 8.97. The number of nitrogens with zero attached hydrogens (tertiary/aromatic N) is 1. The minimum absolute atomic E-state index is 0.0473. The molecule has 0 radical (unpaired) electrons. The van der Waals surface area contributed by atoms with Crippen molar-refractivity contribution < 1.29 is 18.7 Å². The number of oxazole rings is 1. The van der Waals surface area contributed by atoms with E-state index in [1.165, 1.54) is 6.07 Å². The topological polar surface area (TPSA) is 88.5 Å². The second-order valence-electron chi connectivity index (χ2n) is 4.41. The van der Waals surface area contributed by atoms with Gasteiger partial charge in [-0.1, -0.05) is 0 Å². The van der Waals surface area contributed by atoms with Crippen molar-refractivity contribution in [2.75, 3.05) is 0 Å². The Bertz CT molecular complexity index is 585. The number of furan rings is 1. The van der Waals surface area contributed by atoms with Crippen LogP contribution in [0.4, 0.5) is 0 Å². The van der Waals surface area contributed by atoms with E-state index in [1.807, 2.05) is 13.8 Å². The molecule has 0 aliphatic heterocycles. The zero-order chi connectivity index (χ0) is 14.0. The van der Waals surface area contributed by atoms with Gasteiger partial charge >= 0.3 is 5.97 Å². The summed E-state index contributed by atoms with van der Waals surface area (Å²) in [7, 11) is 0. The molecular weight excluding hydrogens is 248 g/mol. The molecule has 2 aromatic heterocycles. The van der Waals surface area contributed by atoms with Crippen molar-refractivity contribution in [3.05, 3.63) is 41.0 Å². The molecule has 19 heavy (non-hydrogen) atoms. The maximum Gasteiger partial charge on any atom is 0.371 e. The van der Waals surface area contributed by atoms with Gasteiger partial charge in [0.2, 0.25) is 11.7 Å². The molecule has 0 aliphatic carbocycles. The maximum atomic E-state index is 10.8. The number of carbonyl (C=O) groups is 1. The fraction of sp³-hybridized carbons (Fsp3) is 0.385. The molecule has 0 fully saturated rings. The van der Waals surface area contributed by atoms with Gasteiger partial charge in [0.15, 0.2) is 0 Å². The van der Waals surface area contributed by atoms with Crippen LogP contribution in [0.2, 0.25) is 0 Å². The van der Waals surface area contributed by atoms with E-state index in [0.717, 1.165) is 11.3 Å². The van der Waals surface area contributed by atoms with Crippen molar-refractivity contribution >= 4 is 5.97 Å². The minimum Gasteiger partial charge on any atom is -0.475 e. The smallest absolute Gasteiger partial charge is 0.371 e. The predicted octanol–water partition coefficient (Wildman–Crippen LogP) is 2.43. The number of carboxylic acid groups (broad SMARTS) is 1. The molecule has 1 atom stereocenters. The predicted molar refractivity (Wildman–Crippen MR) is 66.9 cm³/mol. The van der Waals surface area contributed by atoms with E-state index in [9.17, 15) is 4.79 Å². The van der Waals surface area contributed by atoms with E-state index in [0.29, 0.717) is 18.2 Å². The Morgan fingerprint density at radius 3 is 2.74 bits per heavy atom. The lowest BCUT2D eigenvalue weighted by molar-refractivity contribution is 0.0661. The van der Waals surface area contributed by atoms with Gasteiger partial charge in [-0.15, -0.1) is 0 Å². The Morgan fingerprint density at radius 2 is 2.21 bits per heavy atom. The summed E-state index contributed by atoms with van der Waals surface area (Å²) in [5.41, 5.74) is 0.813. The summed E-state index contributed by atoms with van der Waals surface area (Å²) in [6.45, 7) is 6.00. The number of hydrogen-bond donors (Lipinski definition) is 2. The fourth-order valence-corrected chi connectivity index (χ4v) is 1.72. The van der Waals surface area contributed by atoms with E-state index in [-0.39, 0.29) is 11.8 Å². The standard InChI is InChI=1S/C13H16N2O4/c1-7-5-15-12(18-7)8(2)14-6-10-4-11(13(16)17)19-9(10)3/h4-5,8,14H,6H2,1-3H3,(H,16,17). The van der Waals surface area contributed by atoms with Crippen molar-refractivity contribution in [1.29, 1.82) is 0 Å². The minimum atomic E-state index is -1.06. The molecule has 0 spiro atoms. The first-order valence-electron chi connectivity index (χ1n) is 5.95. The Balaban J connectivity index is 2.00. The number of aromatic nitrogens is 1. The summed E-state index contributed by atoms with van der Waals surface area (Å²) in [5.74, 6) is 0.855. The molecule has 0 amide bonds. The molecule has 1 unspecified atom stereocenters. The number of rotatable bonds is 5. The largest absolute Gasteiger partial charge is 0.475 e. The van der Waals surface area contributed by atoms with Crippen LogP contribution in [-0.2, 0) is 6.54 Å². The van der Waals surface area contributed by atoms with E-state index in [2.05, 4.69) is 10.3 Å². The third-order valence-corrected chi connectivity index (χ3v) is 2.84. The number of aryl methyl sites for hydroxylation is 2. The Kier molecular flexibility index (Phi) is 3.71. The van der Waals surface area contributed by atoms with Gasteiger partial charge in [0.25, 0.3) is 0 Å². The van der Waals surface area contributed by atoms with Gasteiger partial charge in [0, 0.05) is 12.1 Å². The molecule has 2 aromatic rings. The molecule has 2 N–H and O–H groups in total. The first-order valence-corrected chi connectivity index (χ1v) is 5.95. The quantitative estimate of drug-likeness (QED) is 0.862. The Hall–Kier alpha value is -2.08. The molecule has 0 bridgehead atoms. The third-order valence-electron chi connectivity index (χ3n) is 2.84. The highest BCUT2D eigenvalue weighted by atomic mass is 16.4. The van der Waals surface area contributed by atoms with Crippen LogP contribution in [0, 0.1) is 13.8 Å². The van der Waals surface area contributed by atoms with Crippen LogP contribution in [0.1, 0.15) is 46.5 Å². The second-order valence-corrected chi connectivity index (χ2v) is 4.41. The van der Waals surface area contributed by atoms with Crippen molar-refractivity contribution in [3.8, 4) is 0 Å². The van der Waals surface area contributed by atoms with Crippen LogP contribution < -0.4 is 5.32 Å². The molecular formula is C13H16N2O4. The lowest BCUT2D eigenvalue weighted by Gasteiger charge is -2.09. The van der Waals surface area contributed by atoms with Gasteiger partial charge in [0.1, 0.15) is 11.5 Å². The first kappa shape index (κ1) is 13.4. The van der Waals surface area contributed by atoms with Gasteiger partial charge in [0.05, 0.1) is 12.2 Å². The average Bonchev–Trinajstić information content (AvgIpc) is 2.93. The van der Waals surface area contributed by atoms with Gasteiger partial charge in [-0.25, -0.2) is 9.78 Å². The number of nitrogens with one attached hydrogen (secondary N) is 1. The summed E-state index contributed by atoms with van der Waals surface area (Å²) in [6, 6.07) is 1.47. The maximum absolute atomic E-state index is 10.8. The molecule has 2 rings (SSSR count). The summed E-state index contributed by atoms with van der Waals surface area (Å²) in [6.07, 6.45) is 1.67. The van der Waals surface area contributed by atoms with Crippen molar-refractivity contribution in [2.45, 2.75) is 33.4 Å². The lowest BCUT2D eigenvalue weighted by atomic mass is 10.2. The SMILES string of the molecule is Cc1cnc(C(C)NCc2cc(C(=O)O)oc2C)o1. The highest BCUT2D eigenvalue weighted by Gasteiger charge is 2.15. The van der Waals surface area contributed by atoms with E-state index in [4.69, 9.17) is 13.9 Å². The summed E-state index contributed by atoms with van der Waals surface area (Å²) >= 11 is 0. The summed E-state index contributed by atoms with van der Waals surface area (Å²) < 4.78 is 10.6. The van der Waals surface area contributed by atoms with Gasteiger partial charge in [-0.2, -0.15) is 0 Å². The van der Waals surface area contributed by atoms with Crippen LogP contribution in [0.25, 0.3) is 0 Å². The Labute approximate surface area is 110 Å². The molecule has 0 aromatic carbocycles. The normalized spacial score (nSPS) is 12.6. The van der Waals surface area contributed by atoms with Crippen LogP contribution >= 0.6 is 0 Å². The van der Waals surface area contributed by atoms with Crippen molar-refractivity contribution in [3.63, 3.8) is 0 Å². The van der Waals surface area contributed by atoms with Gasteiger partial charge in [-0.3, -0.25) is 0 Å². The number of hydrogen-bond acceptors (Lipinski definition) is 5. The van der Waals surface area contributed by atoms with Crippen LogP contribution in [0.3, 0.4) is 0 Å². The number of carboxylic acids is 1. The Morgan fingerprint density at radius 1 is 1.47 bits per heavy atom. The monoisotopic (exact) mass is 264 g/mol. The highest BCUT2D eigenvalue weighted by molar-refractivity contribution is 5.84. The van der Waals surface area contributed by atoms with Crippen LogP contribution in [-0.4, -0.2) is 16.1 Å². The zero-order valence-electron chi connectivity index (χ0n) is 11.1. The highest BCUT2D eigenvalue weighted by Crippen LogP contribution is 2.17. The molecule has 6 heteroatoms. The molecule has 102 valence electrons. The van der Waals surface area contributed by atoms with Gasteiger partial charge < -0.3 is 19.3 Å². The molecule has 0 saturated carbocycles. The number of aromatic carboxylic acids is 1. The summed E-state index contributed by atoms with van der Waals surface area (Å²) in [5, 5.41) is 12.1. The van der Waals surface area contributed by atoms with Crippen molar-refractivity contribution in [1.82, 2.24) is 10.3 Å². The molecule has 0 saturated heterocycles. The zero-order valence-corrected chi connectivity index (χ0v) is 11.1. The van der Waals surface area contributed by atoms with Crippen LogP contribution in [0.15, 0.2) is 21.1 Å². The third kappa shape index (κ3) is 3.03. The van der Waals surface area contributed by atoms with Gasteiger partial charge in [-0.05, 0) is 26.8 Å². The van der Waals surface area contributed by atoms with Crippen LogP contribution in [0.5, 0.6) is 0 Å². The van der Waals surface area contributed by atoms with E-state index in [1.54, 1.807) is 13.1 Å². The average molecular weight is 264 g/mol. The molecule has 2 heterocycles. The van der Waals surface area contributed by atoms with E-state index < -0.39 is 5.97 Å². The lowest BCUT2D eigenvalue weighted by Crippen LogP contribution is -2.18. The molecule has 6 nitrogen and oxygen atoms in total.